The normalized spacial score (nSPS) is 16.7. The van der Waals surface area contributed by atoms with Gasteiger partial charge in [0.2, 0.25) is 5.89 Å². The first-order chi connectivity index (χ1) is 16.5. The van der Waals surface area contributed by atoms with Crippen LogP contribution in [0.5, 0.6) is 0 Å². The second-order valence-electron chi connectivity index (χ2n) is 7.85. The molecule has 1 aromatic carbocycles. The zero-order valence-electron chi connectivity index (χ0n) is 18.6. The lowest BCUT2D eigenvalue weighted by Gasteiger charge is -2.17. The van der Waals surface area contributed by atoms with Crippen LogP contribution in [0.2, 0.25) is 0 Å². The highest BCUT2D eigenvalue weighted by Crippen LogP contribution is 2.35. The van der Waals surface area contributed by atoms with Crippen LogP contribution < -0.4 is 5.56 Å². The van der Waals surface area contributed by atoms with Crippen LogP contribution in [0, 0.1) is 0 Å². The number of benzene rings is 1. The second-order valence-corrected chi connectivity index (χ2v) is 10.1. The molecule has 1 fully saturated rings. The maximum Gasteiger partial charge on any atom is 0.337 e. The molecule has 9 nitrogen and oxygen atoms in total. The fourth-order valence-electron chi connectivity index (χ4n) is 3.80. The molecule has 1 aliphatic heterocycles. The molecule has 0 N–H and O–H groups in total. The number of nitrogens with zero attached hydrogens (tertiary/aromatic N) is 4. The van der Waals surface area contributed by atoms with Crippen molar-refractivity contribution >= 4 is 40.0 Å². The van der Waals surface area contributed by atoms with Crippen molar-refractivity contribution in [2.45, 2.75) is 42.8 Å². The Bertz CT molecular complexity index is 1380. The Hall–Kier alpha value is -3.02. The van der Waals surface area contributed by atoms with Gasteiger partial charge in [0, 0.05) is 6.61 Å². The summed E-state index contributed by atoms with van der Waals surface area (Å²) in [6.45, 7) is 3.02. The van der Waals surface area contributed by atoms with E-state index in [2.05, 4.69) is 10.2 Å². The van der Waals surface area contributed by atoms with Gasteiger partial charge in [-0.05, 0) is 49.4 Å². The van der Waals surface area contributed by atoms with Crippen molar-refractivity contribution < 1.29 is 18.7 Å². The van der Waals surface area contributed by atoms with E-state index in [-0.39, 0.29) is 16.9 Å². The Kier molecular flexibility index (Phi) is 6.48. The molecule has 176 valence electrons. The van der Waals surface area contributed by atoms with Gasteiger partial charge in [0.1, 0.15) is 0 Å². The molecule has 2 atom stereocenters. The average molecular weight is 499 g/mol. The molecule has 0 spiro atoms. The quantitative estimate of drug-likeness (QED) is 0.209. The van der Waals surface area contributed by atoms with Crippen molar-refractivity contribution in [1.82, 2.24) is 19.7 Å². The minimum Gasteiger partial charge on any atom is -0.465 e. The van der Waals surface area contributed by atoms with Crippen molar-refractivity contribution in [1.29, 1.82) is 0 Å². The summed E-state index contributed by atoms with van der Waals surface area (Å²) in [4.78, 5) is 31.1. The van der Waals surface area contributed by atoms with Crippen molar-refractivity contribution in [3.05, 3.63) is 57.5 Å². The number of fused-ring (bicyclic) bond motifs is 1. The standard InChI is InChI=1S/C23H22N4O5S2/c1-13(19-25-26-20(32-19)18-6-4-10-33-18)34-23-24-17-11-14(22(29)30-2)7-8-16(17)21(28)27(23)12-15-5-3-9-31-15/h4,6-8,10-11,13,15H,3,5,9,12H2,1-2H3. The van der Waals surface area contributed by atoms with Crippen LogP contribution in [0.4, 0.5) is 0 Å². The Balaban J connectivity index is 1.52. The molecule has 0 bridgehead atoms. The molecular weight excluding hydrogens is 476 g/mol. The molecule has 5 rings (SSSR count). The summed E-state index contributed by atoms with van der Waals surface area (Å²) in [5.74, 6) is 0.417. The van der Waals surface area contributed by atoms with E-state index in [1.54, 1.807) is 22.8 Å². The molecule has 0 amide bonds. The smallest absolute Gasteiger partial charge is 0.337 e. The molecule has 4 aromatic rings. The molecule has 1 saturated heterocycles. The summed E-state index contributed by atoms with van der Waals surface area (Å²) >= 11 is 2.88. The van der Waals surface area contributed by atoms with Gasteiger partial charge in [0.15, 0.2) is 5.16 Å². The number of esters is 1. The molecule has 1 aliphatic rings. The fourth-order valence-corrected chi connectivity index (χ4v) is 5.39. The number of methoxy groups -OCH3 is 1. The van der Waals surface area contributed by atoms with Crippen molar-refractivity contribution in [2.24, 2.45) is 0 Å². The lowest BCUT2D eigenvalue weighted by atomic mass is 10.1. The summed E-state index contributed by atoms with van der Waals surface area (Å²) in [7, 11) is 1.32. The number of hydrogen-bond donors (Lipinski definition) is 0. The number of ether oxygens (including phenoxy) is 2. The van der Waals surface area contributed by atoms with Gasteiger partial charge in [-0.25, -0.2) is 9.78 Å². The van der Waals surface area contributed by atoms with Gasteiger partial charge in [-0.15, -0.1) is 21.5 Å². The number of aromatic nitrogens is 4. The number of rotatable bonds is 7. The Labute approximate surface area is 203 Å². The van der Waals surface area contributed by atoms with Crippen LogP contribution in [0.1, 0.15) is 41.3 Å². The summed E-state index contributed by atoms with van der Waals surface area (Å²) < 4.78 is 18.1. The Morgan fingerprint density at radius 3 is 2.97 bits per heavy atom. The van der Waals surface area contributed by atoms with Crippen molar-refractivity contribution in [2.75, 3.05) is 13.7 Å². The molecular formula is C23H22N4O5S2. The molecule has 3 aromatic heterocycles. The van der Waals surface area contributed by atoms with E-state index in [0.717, 1.165) is 17.7 Å². The Morgan fingerprint density at radius 1 is 1.35 bits per heavy atom. The number of thioether (sulfide) groups is 1. The van der Waals surface area contributed by atoms with Gasteiger partial charge >= 0.3 is 5.97 Å². The van der Waals surface area contributed by atoms with E-state index in [1.165, 1.54) is 30.2 Å². The van der Waals surface area contributed by atoms with Crippen LogP contribution in [-0.2, 0) is 16.0 Å². The SMILES string of the molecule is COC(=O)c1ccc2c(=O)n(CC3CCCO3)c(SC(C)c3nnc(-c4cccs4)o3)nc2c1. The largest absolute Gasteiger partial charge is 0.465 e. The number of carbonyl (C=O) groups excluding carboxylic acids is 1. The van der Waals surface area contributed by atoms with Crippen molar-refractivity contribution in [3.63, 3.8) is 0 Å². The highest BCUT2D eigenvalue weighted by atomic mass is 32.2. The number of hydrogen-bond acceptors (Lipinski definition) is 10. The van der Waals surface area contributed by atoms with E-state index in [0.29, 0.717) is 46.6 Å². The fraction of sp³-hybridized carbons (Fsp3) is 0.348. The van der Waals surface area contributed by atoms with Gasteiger partial charge in [0.05, 0.1) is 46.4 Å². The first-order valence-corrected chi connectivity index (χ1v) is 12.6. The third-order valence-electron chi connectivity index (χ3n) is 5.55. The zero-order valence-corrected chi connectivity index (χ0v) is 20.2. The van der Waals surface area contributed by atoms with E-state index < -0.39 is 5.97 Å². The van der Waals surface area contributed by atoms with Crippen LogP contribution >= 0.6 is 23.1 Å². The number of carbonyl (C=O) groups is 1. The number of thiophene rings is 1. The molecule has 4 heterocycles. The lowest BCUT2D eigenvalue weighted by Crippen LogP contribution is -2.29. The summed E-state index contributed by atoms with van der Waals surface area (Å²) in [5, 5.41) is 11.0. The maximum atomic E-state index is 13.5. The van der Waals surface area contributed by atoms with E-state index in [1.807, 2.05) is 24.4 Å². The second kappa shape index (κ2) is 9.69. The van der Waals surface area contributed by atoms with Crippen LogP contribution in [0.3, 0.4) is 0 Å². The Morgan fingerprint density at radius 2 is 2.24 bits per heavy atom. The first-order valence-electron chi connectivity index (χ1n) is 10.8. The van der Waals surface area contributed by atoms with Gasteiger partial charge in [0.25, 0.3) is 11.4 Å². The highest BCUT2D eigenvalue weighted by molar-refractivity contribution is 7.99. The third kappa shape index (κ3) is 4.50. The van der Waals surface area contributed by atoms with E-state index in [4.69, 9.17) is 18.9 Å². The molecule has 2 unspecified atom stereocenters. The average Bonchev–Trinajstić information content (AvgIpc) is 3.62. The molecule has 34 heavy (non-hydrogen) atoms. The third-order valence-corrected chi connectivity index (χ3v) is 7.49. The van der Waals surface area contributed by atoms with Gasteiger partial charge in [-0.1, -0.05) is 17.8 Å². The van der Waals surface area contributed by atoms with Gasteiger partial charge in [-0.3, -0.25) is 9.36 Å². The predicted octanol–water partition coefficient (Wildman–Crippen LogP) is 4.33. The minimum atomic E-state index is -0.484. The maximum absolute atomic E-state index is 13.5. The first kappa shape index (κ1) is 22.8. The minimum absolute atomic E-state index is 0.0465. The van der Waals surface area contributed by atoms with Gasteiger partial charge < -0.3 is 13.9 Å². The topological polar surface area (TPSA) is 109 Å². The monoisotopic (exact) mass is 498 g/mol. The summed E-state index contributed by atoms with van der Waals surface area (Å²) in [6.07, 6.45) is 1.81. The highest BCUT2D eigenvalue weighted by Gasteiger charge is 2.24. The lowest BCUT2D eigenvalue weighted by molar-refractivity contribution is 0.0601. The van der Waals surface area contributed by atoms with Crippen LogP contribution in [0.25, 0.3) is 21.7 Å². The molecule has 0 radical (unpaired) electrons. The van der Waals surface area contributed by atoms with E-state index >= 15 is 0 Å². The van der Waals surface area contributed by atoms with E-state index in [9.17, 15) is 9.59 Å². The molecule has 0 saturated carbocycles. The molecule has 11 heteroatoms. The van der Waals surface area contributed by atoms with Gasteiger partial charge in [-0.2, -0.15) is 0 Å². The summed E-state index contributed by atoms with van der Waals surface area (Å²) in [6, 6.07) is 8.62. The summed E-state index contributed by atoms with van der Waals surface area (Å²) in [5.41, 5.74) is 0.577. The zero-order chi connectivity index (χ0) is 23.7. The molecule has 0 aliphatic carbocycles. The van der Waals surface area contributed by atoms with Crippen LogP contribution in [0.15, 0.2) is 50.1 Å². The van der Waals surface area contributed by atoms with Crippen LogP contribution in [-0.4, -0.2) is 45.5 Å². The predicted molar refractivity (Wildman–Crippen MR) is 128 cm³/mol. The van der Waals surface area contributed by atoms with Crippen molar-refractivity contribution in [3.8, 4) is 10.8 Å².